The average molecular weight is 586 g/mol. The molecule has 2 aliphatic heterocycles. The van der Waals surface area contributed by atoms with Gasteiger partial charge in [0, 0.05) is 38.9 Å². The Kier molecular flexibility index (Phi) is 7.70. The van der Waals surface area contributed by atoms with Crippen molar-refractivity contribution >= 4 is 51.7 Å². The predicted molar refractivity (Wildman–Crippen MR) is 165 cm³/mol. The van der Waals surface area contributed by atoms with Gasteiger partial charge in [0.05, 0.1) is 17.0 Å². The van der Waals surface area contributed by atoms with Crippen LogP contribution < -0.4 is 10.5 Å². The molecule has 7 nitrogen and oxygen atoms in total. The van der Waals surface area contributed by atoms with Gasteiger partial charge in [-0.2, -0.15) is 0 Å². The number of anilines is 1. The first-order valence-corrected chi connectivity index (χ1v) is 14.6. The summed E-state index contributed by atoms with van der Waals surface area (Å²) in [7, 11) is 0. The number of amides is 1. The molecular weight excluding hydrogens is 558 g/mol. The monoisotopic (exact) mass is 585 g/mol. The van der Waals surface area contributed by atoms with Gasteiger partial charge >= 0.3 is 0 Å². The van der Waals surface area contributed by atoms with E-state index in [0.29, 0.717) is 39.3 Å². The number of carbonyl (C=O) groups is 1. The van der Waals surface area contributed by atoms with Crippen molar-refractivity contribution in [1.82, 2.24) is 19.2 Å². The molecule has 0 spiro atoms. The van der Waals surface area contributed by atoms with Crippen molar-refractivity contribution in [3.63, 3.8) is 0 Å². The van der Waals surface area contributed by atoms with Crippen LogP contribution in [-0.2, 0) is 17.9 Å². The number of aromatic nitrogens is 2. The number of nitrogens with zero attached hydrogens (tertiary/aromatic N) is 5. The summed E-state index contributed by atoms with van der Waals surface area (Å²) in [5.74, 6) is -0.0503. The molecule has 2 aromatic heterocycles. The zero-order chi connectivity index (χ0) is 28.5. The zero-order valence-corrected chi connectivity index (χ0v) is 24.1. The summed E-state index contributed by atoms with van der Waals surface area (Å²) in [4.78, 5) is 38.6. The first-order valence-electron chi connectivity index (χ1n) is 13.4. The molecule has 2 aromatic carbocycles. The maximum absolute atomic E-state index is 13.9. The Morgan fingerprint density at radius 1 is 0.927 bits per heavy atom. The number of carbonyl (C=O) groups excluding carboxylic acids is 1. The third-order valence-corrected chi connectivity index (χ3v) is 8.69. The van der Waals surface area contributed by atoms with Gasteiger partial charge in [-0.15, -0.1) is 0 Å². The van der Waals surface area contributed by atoms with E-state index in [1.807, 2.05) is 37.3 Å². The third-order valence-electron chi connectivity index (χ3n) is 7.31. The summed E-state index contributed by atoms with van der Waals surface area (Å²) in [6.45, 7) is 6.07. The number of fused-ring (bicyclic) bond motifs is 1. The topological polar surface area (TPSA) is 61.2 Å². The molecule has 0 unspecified atom stereocenters. The molecule has 0 bridgehead atoms. The quantitative estimate of drug-likeness (QED) is 0.237. The van der Waals surface area contributed by atoms with Gasteiger partial charge in [-0.3, -0.25) is 23.8 Å². The van der Waals surface area contributed by atoms with Crippen molar-refractivity contribution in [1.29, 1.82) is 0 Å². The van der Waals surface area contributed by atoms with Gasteiger partial charge in [-0.25, -0.2) is 9.37 Å². The molecule has 2 saturated heterocycles. The molecule has 0 aliphatic carbocycles. The summed E-state index contributed by atoms with van der Waals surface area (Å²) < 4.78 is 15.3. The Morgan fingerprint density at radius 2 is 1.63 bits per heavy atom. The number of aryl methyl sites for hydroxylation is 1. The van der Waals surface area contributed by atoms with Crippen molar-refractivity contribution in [2.45, 2.75) is 20.0 Å². The van der Waals surface area contributed by atoms with E-state index in [2.05, 4.69) is 21.9 Å². The highest BCUT2D eigenvalue weighted by molar-refractivity contribution is 8.26. The molecule has 4 heterocycles. The molecule has 0 N–H and O–H groups in total. The standard InChI is InChI=1S/C31H28FN5O2S2/c1-21-7-12-27-33-28(35-15-13-34(14-16-35)19-22-5-3-2-4-6-22)25(29(38)36(27)18-21)17-26-30(39)37(31(40)41-26)20-23-8-10-24(32)11-9-23/h2-12,17-18H,13-16,19-20H2,1H3. The molecule has 4 aromatic rings. The van der Waals surface area contributed by atoms with Crippen LogP contribution in [0.25, 0.3) is 11.7 Å². The Morgan fingerprint density at radius 3 is 2.37 bits per heavy atom. The lowest BCUT2D eigenvalue weighted by molar-refractivity contribution is -0.122. The van der Waals surface area contributed by atoms with Crippen molar-refractivity contribution < 1.29 is 9.18 Å². The van der Waals surface area contributed by atoms with E-state index in [1.54, 1.807) is 24.4 Å². The van der Waals surface area contributed by atoms with E-state index < -0.39 is 0 Å². The maximum Gasteiger partial charge on any atom is 0.267 e. The largest absolute Gasteiger partial charge is 0.353 e. The first-order chi connectivity index (χ1) is 19.9. The van der Waals surface area contributed by atoms with Gasteiger partial charge < -0.3 is 4.90 Å². The number of piperazine rings is 1. The van der Waals surface area contributed by atoms with Gasteiger partial charge in [0.15, 0.2) is 0 Å². The molecule has 0 atom stereocenters. The Labute approximate surface area is 246 Å². The molecule has 2 fully saturated rings. The second kappa shape index (κ2) is 11.6. The van der Waals surface area contributed by atoms with Crippen LogP contribution in [0, 0.1) is 12.7 Å². The van der Waals surface area contributed by atoms with Crippen LogP contribution in [0.4, 0.5) is 10.2 Å². The van der Waals surface area contributed by atoms with E-state index in [1.165, 1.54) is 38.8 Å². The first kappa shape index (κ1) is 27.3. The van der Waals surface area contributed by atoms with Gasteiger partial charge in [0.25, 0.3) is 11.5 Å². The van der Waals surface area contributed by atoms with E-state index in [4.69, 9.17) is 17.2 Å². The number of pyridine rings is 1. The predicted octanol–water partition coefficient (Wildman–Crippen LogP) is 4.87. The number of thiocarbonyl (C=S) groups is 1. The van der Waals surface area contributed by atoms with Crippen molar-refractivity contribution in [3.05, 3.63) is 116 Å². The van der Waals surface area contributed by atoms with E-state index >= 15 is 0 Å². The second-order valence-corrected chi connectivity index (χ2v) is 11.9. The van der Waals surface area contributed by atoms with Crippen molar-refractivity contribution in [3.8, 4) is 0 Å². The van der Waals surface area contributed by atoms with Crippen molar-refractivity contribution in [2.75, 3.05) is 31.1 Å². The van der Waals surface area contributed by atoms with Crippen LogP contribution >= 0.6 is 24.0 Å². The number of benzene rings is 2. The van der Waals surface area contributed by atoms with E-state index in [0.717, 1.165) is 30.8 Å². The number of halogens is 1. The van der Waals surface area contributed by atoms with Gasteiger partial charge in [0.2, 0.25) is 0 Å². The highest BCUT2D eigenvalue weighted by Gasteiger charge is 2.33. The summed E-state index contributed by atoms with van der Waals surface area (Å²) >= 11 is 6.69. The van der Waals surface area contributed by atoms with Gasteiger partial charge in [0.1, 0.15) is 21.6 Å². The van der Waals surface area contributed by atoms with Crippen LogP contribution in [0.1, 0.15) is 22.3 Å². The summed E-state index contributed by atoms with van der Waals surface area (Å²) in [5, 5.41) is 0. The molecule has 10 heteroatoms. The van der Waals surface area contributed by atoms with Gasteiger partial charge in [-0.05, 0) is 47.9 Å². The highest BCUT2D eigenvalue weighted by Crippen LogP contribution is 2.34. The average Bonchev–Trinajstić information content (AvgIpc) is 3.24. The molecule has 6 rings (SSSR count). The molecule has 41 heavy (non-hydrogen) atoms. The number of hydrogen-bond acceptors (Lipinski definition) is 7. The molecule has 2 aliphatic rings. The van der Waals surface area contributed by atoms with Crippen molar-refractivity contribution in [2.24, 2.45) is 0 Å². The number of rotatable bonds is 6. The minimum absolute atomic E-state index is 0.229. The van der Waals surface area contributed by atoms with Crippen LogP contribution in [0.3, 0.4) is 0 Å². The minimum Gasteiger partial charge on any atom is -0.353 e. The minimum atomic E-state index is -0.341. The SMILES string of the molecule is Cc1ccc2nc(N3CCN(Cc4ccccc4)CC3)c(C=C3SC(=S)N(Cc4ccc(F)cc4)C3=O)c(=O)n2c1. The van der Waals surface area contributed by atoms with Crippen LogP contribution in [0.15, 0.2) is 82.6 Å². The lowest BCUT2D eigenvalue weighted by Crippen LogP contribution is -2.47. The normalized spacial score (nSPS) is 17.3. The Balaban J connectivity index is 1.31. The Hall–Kier alpha value is -3.86. The molecule has 208 valence electrons. The van der Waals surface area contributed by atoms with Crippen LogP contribution in [0.2, 0.25) is 0 Å². The second-order valence-electron chi connectivity index (χ2n) is 10.2. The summed E-state index contributed by atoms with van der Waals surface area (Å²) in [6.07, 6.45) is 3.41. The van der Waals surface area contributed by atoms with Crippen LogP contribution in [0.5, 0.6) is 0 Å². The van der Waals surface area contributed by atoms with Crippen LogP contribution in [-0.4, -0.2) is 55.6 Å². The third kappa shape index (κ3) is 5.81. The fraction of sp³-hybridized carbons (Fsp3) is 0.226. The van der Waals surface area contributed by atoms with Gasteiger partial charge in [-0.1, -0.05) is 72.5 Å². The molecule has 0 saturated carbocycles. The lowest BCUT2D eigenvalue weighted by Gasteiger charge is -2.36. The zero-order valence-electron chi connectivity index (χ0n) is 22.5. The summed E-state index contributed by atoms with van der Waals surface area (Å²) in [5.41, 5.74) is 3.65. The van der Waals surface area contributed by atoms with E-state index in [-0.39, 0.29) is 23.8 Å². The Bertz CT molecular complexity index is 1710. The molecule has 1 amide bonds. The molecular formula is C31H28FN5O2S2. The lowest BCUT2D eigenvalue weighted by atomic mass is 10.1. The fourth-order valence-electron chi connectivity index (χ4n) is 5.11. The smallest absolute Gasteiger partial charge is 0.267 e. The number of hydrogen-bond donors (Lipinski definition) is 0. The summed E-state index contributed by atoms with van der Waals surface area (Å²) in [6, 6.07) is 20.1. The highest BCUT2D eigenvalue weighted by atomic mass is 32.2. The number of thioether (sulfide) groups is 1. The van der Waals surface area contributed by atoms with E-state index in [9.17, 15) is 14.0 Å². The fourth-order valence-corrected chi connectivity index (χ4v) is 6.35. The molecule has 0 radical (unpaired) electrons. The maximum atomic E-state index is 13.9.